The molecule has 4 heteroatoms. The van der Waals surface area contributed by atoms with Gasteiger partial charge in [0.1, 0.15) is 5.41 Å². The van der Waals surface area contributed by atoms with Crippen LogP contribution >= 0.6 is 15.9 Å². The highest BCUT2D eigenvalue weighted by molar-refractivity contribution is 9.10. The van der Waals surface area contributed by atoms with E-state index in [-0.39, 0.29) is 5.91 Å². The SMILES string of the molecule is Cc1cc(NC(=O)C(C)(C)C#N)ccc1Br. The van der Waals surface area contributed by atoms with Gasteiger partial charge in [0.2, 0.25) is 5.91 Å². The summed E-state index contributed by atoms with van der Waals surface area (Å²) >= 11 is 3.38. The molecule has 0 atom stereocenters. The van der Waals surface area contributed by atoms with E-state index in [4.69, 9.17) is 5.26 Å². The number of halogens is 1. The zero-order chi connectivity index (χ0) is 12.3. The lowest BCUT2D eigenvalue weighted by molar-refractivity contribution is -0.121. The number of nitriles is 1. The van der Waals surface area contributed by atoms with Crippen LogP contribution in [0.25, 0.3) is 0 Å². The molecule has 0 unspecified atom stereocenters. The number of nitrogens with zero attached hydrogens (tertiary/aromatic N) is 1. The molecule has 1 rings (SSSR count). The molecule has 1 amide bonds. The Labute approximate surface area is 104 Å². The van der Waals surface area contributed by atoms with Crippen molar-refractivity contribution in [1.82, 2.24) is 0 Å². The van der Waals surface area contributed by atoms with Crippen LogP contribution in [0.4, 0.5) is 5.69 Å². The highest BCUT2D eigenvalue weighted by atomic mass is 79.9. The zero-order valence-electron chi connectivity index (χ0n) is 9.47. The van der Waals surface area contributed by atoms with Crippen molar-refractivity contribution in [2.75, 3.05) is 5.32 Å². The third-order valence-electron chi connectivity index (χ3n) is 2.26. The quantitative estimate of drug-likeness (QED) is 0.904. The second-order valence-corrected chi connectivity index (χ2v) is 5.01. The third-order valence-corrected chi connectivity index (χ3v) is 3.15. The summed E-state index contributed by atoms with van der Waals surface area (Å²) in [4.78, 5) is 11.7. The molecule has 1 aromatic rings. The van der Waals surface area contributed by atoms with E-state index in [1.54, 1.807) is 19.9 Å². The summed E-state index contributed by atoms with van der Waals surface area (Å²) in [5, 5.41) is 11.5. The number of amides is 1. The number of anilines is 1. The maximum Gasteiger partial charge on any atom is 0.244 e. The summed E-state index contributed by atoms with van der Waals surface area (Å²) < 4.78 is 0.991. The van der Waals surface area contributed by atoms with Gasteiger partial charge in [0, 0.05) is 10.2 Å². The Kier molecular flexibility index (Phi) is 3.71. The third kappa shape index (κ3) is 2.83. The molecular formula is C12H13BrN2O. The molecule has 0 radical (unpaired) electrons. The molecule has 0 saturated carbocycles. The molecular weight excluding hydrogens is 268 g/mol. The van der Waals surface area contributed by atoms with E-state index in [0.29, 0.717) is 5.69 Å². The van der Waals surface area contributed by atoms with E-state index >= 15 is 0 Å². The van der Waals surface area contributed by atoms with Gasteiger partial charge in [0.15, 0.2) is 0 Å². The van der Waals surface area contributed by atoms with Crippen molar-refractivity contribution in [1.29, 1.82) is 5.26 Å². The molecule has 0 bridgehead atoms. The van der Waals surface area contributed by atoms with E-state index < -0.39 is 5.41 Å². The lowest BCUT2D eigenvalue weighted by Gasteiger charge is -2.15. The van der Waals surface area contributed by atoms with Crippen molar-refractivity contribution in [3.63, 3.8) is 0 Å². The summed E-state index contributed by atoms with van der Waals surface area (Å²) in [5.41, 5.74) is 0.725. The molecule has 0 aliphatic rings. The Balaban J connectivity index is 2.87. The van der Waals surface area contributed by atoms with E-state index in [1.807, 2.05) is 25.1 Å². The van der Waals surface area contributed by atoms with Gasteiger partial charge < -0.3 is 5.32 Å². The average Bonchev–Trinajstić information content (AvgIpc) is 2.23. The standard InChI is InChI=1S/C12H13BrN2O/c1-8-6-9(4-5-10(8)13)15-11(16)12(2,3)7-14/h4-6H,1-3H3,(H,15,16). The molecule has 84 valence electrons. The van der Waals surface area contributed by atoms with E-state index in [9.17, 15) is 4.79 Å². The molecule has 3 nitrogen and oxygen atoms in total. The van der Waals surface area contributed by atoms with Crippen LogP contribution in [0, 0.1) is 23.7 Å². The predicted octanol–water partition coefficient (Wildman–Crippen LogP) is 3.25. The lowest BCUT2D eigenvalue weighted by atomic mass is 9.94. The zero-order valence-corrected chi connectivity index (χ0v) is 11.1. The first-order valence-electron chi connectivity index (χ1n) is 4.85. The van der Waals surface area contributed by atoms with Crippen LogP contribution < -0.4 is 5.32 Å². The first-order valence-corrected chi connectivity index (χ1v) is 5.65. The number of nitrogens with one attached hydrogen (secondary N) is 1. The Morgan fingerprint density at radius 3 is 2.62 bits per heavy atom. The average molecular weight is 281 g/mol. The molecule has 16 heavy (non-hydrogen) atoms. The van der Waals surface area contributed by atoms with Gasteiger partial charge in [-0.15, -0.1) is 0 Å². The molecule has 0 saturated heterocycles. The highest BCUT2D eigenvalue weighted by Crippen LogP contribution is 2.22. The first-order chi connectivity index (χ1) is 7.36. The fourth-order valence-corrected chi connectivity index (χ4v) is 1.31. The molecule has 0 aliphatic carbocycles. The maximum atomic E-state index is 11.7. The predicted molar refractivity (Wildman–Crippen MR) is 66.9 cm³/mol. The normalized spacial score (nSPS) is 10.7. The number of carbonyl (C=O) groups excluding carboxylic acids is 1. The van der Waals surface area contributed by atoms with Crippen molar-refractivity contribution in [3.8, 4) is 6.07 Å². The second kappa shape index (κ2) is 4.67. The summed E-state index contributed by atoms with van der Waals surface area (Å²) in [7, 11) is 0. The molecule has 0 fully saturated rings. The van der Waals surface area contributed by atoms with Crippen molar-refractivity contribution < 1.29 is 4.79 Å². The fraction of sp³-hybridized carbons (Fsp3) is 0.333. The van der Waals surface area contributed by atoms with Gasteiger partial charge in [-0.3, -0.25) is 4.79 Å². The summed E-state index contributed by atoms with van der Waals surface area (Å²) in [6.07, 6.45) is 0. The number of hydrogen-bond acceptors (Lipinski definition) is 2. The van der Waals surface area contributed by atoms with Crippen LogP contribution in [-0.4, -0.2) is 5.91 Å². The summed E-state index contributed by atoms with van der Waals surface area (Å²) in [6, 6.07) is 7.48. The largest absolute Gasteiger partial charge is 0.325 e. The Hall–Kier alpha value is -1.34. The molecule has 1 N–H and O–H groups in total. The minimum absolute atomic E-state index is 0.295. The Morgan fingerprint density at radius 1 is 1.50 bits per heavy atom. The van der Waals surface area contributed by atoms with Gasteiger partial charge in [-0.1, -0.05) is 15.9 Å². The summed E-state index contributed by atoms with van der Waals surface area (Å²) in [6.45, 7) is 5.12. The smallest absolute Gasteiger partial charge is 0.244 e. The Bertz CT molecular complexity index is 461. The Morgan fingerprint density at radius 2 is 2.12 bits per heavy atom. The second-order valence-electron chi connectivity index (χ2n) is 4.15. The minimum atomic E-state index is -1.01. The maximum absolute atomic E-state index is 11.7. The van der Waals surface area contributed by atoms with Gasteiger partial charge in [0.05, 0.1) is 6.07 Å². The van der Waals surface area contributed by atoms with Crippen LogP contribution in [0.2, 0.25) is 0 Å². The van der Waals surface area contributed by atoms with Crippen molar-refractivity contribution in [2.45, 2.75) is 20.8 Å². The highest BCUT2D eigenvalue weighted by Gasteiger charge is 2.27. The van der Waals surface area contributed by atoms with Gasteiger partial charge in [-0.05, 0) is 44.5 Å². The molecule has 1 aromatic carbocycles. The van der Waals surface area contributed by atoms with Gasteiger partial charge in [-0.2, -0.15) is 5.26 Å². The molecule has 0 heterocycles. The number of benzene rings is 1. The van der Waals surface area contributed by atoms with Crippen LogP contribution in [0.15, 0.2) is 22.7 Å². The van der Waals surface area contributed by atoms with Crippen molar-refractivity contribution in [3.05, 3.63) is 28.2 Å². The van der Waals surface area contributed by atoms with Crippen LogP contribution in [-0.2, 0) is 4.79 Å². The van der Waals surface area contributed by atoms with Crippen LogP contribution in [0.1, 0.15) is 19.4 Å². The van der Waals surface area contributed by atoms with Crippen LogP contribution in [0.3, 0.4) is 0 Å². The van der Waals surface area contributed by atoms with Crippen LogP contribution in [0.5, 0.6) is 0 Å². The van der Waals surface area contributed by atoms with Gasteiger partial charge in [-0.25, -0.2) is 0 Å². The molecule has 0 spiro atoms. The number of carbonyl (C=O) groups is 1. The van der Waals surface area contributed by atoms with Gasteiger partial charge in [0.25, 0.3) is 0 Å². The topological polar surface area (TPSA) is 52.9 Å². The first kappa shape index (κ1) is 12.7. The van der Waals surface area contributed by atoms with E-state index in [1.165, 1.54) is 0 Å². The molecule has 0 aliphatic heterocycles. The van der Waals surface area contributed by atoms with E-state index in [0.717, 1.165) is 10.0 Å². The van der Waals surface area contributed by atoms with E-state index in [2.05, 4.69) is 21.2 Å². The lowest BCUT2D eigenvalue weighted by Crippen LogP contribution is -2.29. The number of rotatable bonds is 2. The van der Waals surface area contributed by atoms with Crippen molar-refractivity contribution in [2.24, 2.45) is 5.41 Å². The fourth-order valence-electron chi connectivity index (χ4n) is 1.06. The number of aryl methyl sites for hydroxylation is 1. The van der Waals surface area contributed by atoms with Gasteiger partial charge >= 0.3 is 0 Å². The summed E-state index contributed by atoms with van der Waals surface area (Å²) in [5.74, 6) is -0.295. The minimum Gasteiger partial charge on any atom is -0.325 e. The number of hydrogen-bond donors (Lipinski definition) is 1. The van der Waals surface area contributed by atoms with Crippen molar-refractivity contribution >= 4 is 27.5 Å². The monoisotopic (exact) mass is 280 g/mol. The molecule has 0 aromatic heterocycles.